The molecule has 0 spiro atoms. The molecule has 1 amide bonds. The highest BCUT2D eigenvalue weighted by molar-refractivity contribution is 7.14. The summed E-state index contributed by atoms with van der Waals surface area (Å²) in [6, 6.07) is 3.42. The van der Waals surface area contributed by atoms with E-state index in [1.54, 1.807) is 13.0 Å². The fraction of sp³-hybridized carbons (Fsp3) is 0.400. The van der Waals surface area contributed by atoms with Crippen molar-refractivity contribution in [3.63, 3.8) is 0 Å². The highest BCUT2D eigenvalue weighted by atomic mass is 32.1. The summed E-state index contributed by atoms with van der Waals surface area (Å²) in [6.45, 7) is 5.45. The molecule has 7 heteroatoms. The fourth-order valence-corrected chi connectivity index (χ4v) is 2.90. The largest absolute Gasteiger partial charge is 0.451 e. The lowest BCUT2D eigenvalue weighted by molar-refractivity contribution is -0.119. The molecule has 22 heavy (non-hydrogen) atoms. The number of hydrogen-bond acceptors (Lipinski definition) is 6. The normalized spacial score (nSPS) is 10.5. The van der Waals surface area contributed by atoms with E-state index in [9.17, 15) is 9.59 Å². The van der Waals surface area contributed by atoms with E-state index >= 15 is 0 Å². The van der Waals surface area contributed by atoms with Gasteiger partial charge in [-0.05, 0) is 31.9 Å². The lowest BCUT2D eigenvalue weighted by atomic mass is 10.1. The molecule has 0 radical (unpaired) electrons. The minimum absolute atomic E-state index is 0.232. The van der Waals surface area contributed by atoms with Crippen LogP contribution in [0.15, 0.2) is 16.7 Å². The van der Waals surface area contributed by atoms with Crippen molar-refractivity contribution in [1.82, 2.24) is 5.16 Å². The van der Waals surface area contributed by atoms with Gasteiger partial charge in [-0.15, -0.1) is 11.3 Å². The van der Waals surface area contributed by atoms with E-state index in [4.69, 9.17) is 9.26 Å². The van der Waals surface area contributed by atoms with Crippen LogP contribution in [0.25, 0.3) is 0 Å². The topological polar surface area (TPSA) is 81.4 Å². The summed E-state index contributed by atoms with van der Waals surface area (Å²) < 4.78 is 9.86. The van der Waals surface area contributed by atoms with Crippen LogP contribution in [0.4, 0.5) is 5.88 Å². The number of esters is 1. The number of carbonyl (C=O) groups excluding carboxylic acids is 2. The number of amides is 1. The van der Waals surface area contributed by atoms with Gasteiger partial charge in [0.1, 0.15) is 4.88 Å². The Balaban J connectivity index is 1.86. The van der Waals surface area contributed by atoms with E-state index in [-0.39, 0.29) is 12.5 Å². The maximum Gasteiger partial charge on any atom is 0.348 e. The van der Waals surface area contributed by atoms with Gasteiger partial charge in [-0.25, -0.2) is 4.79 Å². The second-order valence-electron chi connectivity index (χ2n) is 4.90. The molecule has 6 nitrogen and oxygen atoms in total. The van der Waals surface area contributed by atoms with Crippen molar-refractivity contribution in [3.8, 4) is 0 Å². The van der Waals surface area contributed by atoms with Crippen molar-refractivity contribution in [3.05, 3.63) is 33.1 Å². The number of hydrogen-bond donors (Lipinski definition) is 1. The van der Waals surface area contributed by atoms with Crippen molar-refractivity contribution in [2.45, 2.75) is 33.6 Å². The third-order valence-corrected chi connectivity index (χ3v) is 4.04. The summed E-state index contributed by atoms with van der Waals surface area (Å²) in [6.07, 6.45) is 1.95. The molecule has 0 atom stereocenters. The maximum absolute atomic E-state index is 11.9. The molecule has 0 saturated carbocycles. The van der Waals surface area contributed by atoms with Crippen molar-refractivity contribution in [2.75, 3.05) is 11.9 Å². The summed E-state index contributed by atoms with van der Waals surface area (Å²) in [5, 5.41) is 6.11. The number of aromatic nitrogens is 1. The Morgan fingerprint density at radius 1 is 1.36 bits per heavy atom. The standard InChI is InChI=1S/C15H18N2O4S/c1-4-5-11-7-12(22-10(11)3)15(19)20-8-13(18)16-14-6-9(2)17-21-14/h6-7H,4-5,8H2,1-3H3,(H,16,18). The van der Waals surface area contributed by atoms with Crippen LogP contribution < -0.4 is 5.32 Å². The number of ether oxygens (including phenoxy) is 1. The van der Waals surface area contributed by atoms with Crippen LogP contribution >= 0.6 is 11.3 Å². The maximum atomic E-state index is 11.9. The van der Waals surface area contributed by atoms with Crippen LogP contribution in [-0.4, -0.2) is 23.6 Å². The Labute approximate surface area is 132 Å². The molecule has 2 aromatic rings. The molecule has 2 rings (SSSR count). The molecule has 0 unspecified atom stereocenters. The van der Waals surface area contributed by atoms with Gasteiger partial charge in [0.25, 0.3) is 5.91 Å². The first-order chi connectivity index (χ1) is 10.5. The van der Waals surface area contributed by atoms with Gasteiger partial charge < -0.3 is 9.26 Å². The molecule has 2 heterocycles. The van der Waals surface area contributed by atoms with E-state index < -0.39 is 11.9 Å². The minimum Gasteiger partial charge on any atom is -0.451 e. The summed E-state index contributed by atoms with van der Waals surface area (Å²) in [4.78, 5) is 25.2. The molecule has 0 bridgehead atoms. The highest BCUT2D eigenvalue weighted by Gasteiger charge is 2.15. The van der Waals surface area contributed by atoms with Crippen LogP contribution in [0, 0.1) is 13.8 Å². The van der Waals surface area contributed by atoms with Crippen molar-refractivity contribution >= 4 is 29.1 Å². The molecular formula is C15H18N2O4S. The quantitative estimate of drug-likeness (QED) is 0.826. The zero-order valence-corrected chi connectivity index (χ0v) is 13.6. The van der Waals surface area contributed by atoms with E-state index in [2.05, 4.69) is 17.4 Å². The van der Waals surface area contributed by atoms with Crippen LogP contribution in [-0.2, 0) is 16.0 Å². The van der Waals surface area contributed by atoms with Gasteiger partial charge in [-0.2, -0.15) is 0 Å². The number of nitrogens with one attached hydrogen (secondary N) is 1. The van der Waals surface area contributed by atoms with Gasteiger partial charge in [0.05, 0.1) is 5.69 Å². The van der Waals surface area contributed by atoms with Crippen LogP contribution in [0.3, 0.4) is 0 Å². The van der Waals surface area contributed by atoms with E-state index in [0.717, 1.165) is 23.3 Å². The van der Waals surface area contributed by atoms with Gasteiger partial charge >= 0.3 is 5.97 Å². The third-order valence-electron chi connectivity index (χ3n) is 2.97. The number of rotatable bonds is 6. The van der Waals surface area contributed by atoms with Crippen LogP contribution in [0.5, 0.6) is 0 Å². The Hall–Kier alpha value is -2.15. The Bertz CT molecular complexity index is 675. The average Bonchev–Trinajstić information content (AvgIpc) is 3.03. The van der Waals surface area contributed by atoms with Gasteiger partial charge in [0.2, 0.25) is 5.88 Å². The molecule has 0 aliphatic heterocycles. The summed E-state index contributed by atoms with van der Waals surface area (Å²) in [5.74, 6) is -0.721. The zero-order chi connectivity index (χ0) is 16.1. The van der Waals surface area contributed by atoms with E-state index in [1.807, 2.05) is 13.0 Å². The first-order valence-electron chi connectivity index (χ1n) is 6.99. The Kier molecular flexibility index (Phi) is 5.32. The summed E-state index contributed by atoms with van der Waals surface area (Å²) in [5.41, 5.74) is 1.81. The van der Waals surface area contributed by atoms with Crippen LogP contribution in [0.1, 0.15) is 39.2 Å². The number of carbonyl (C=O) groups is 2. The monoisotopic (exact) mass is 322 g/mol. The zero-order valence-electron chi connectivity index (χ0n) is 12.8. The predicted molar refractivity (Wildman–Crippen MR) is 83.2 cm³/mol. The first kappa shape index (κ1) is 16.2. The smallest absolute Gasteiger partial charge is 0.348 e. The molecule has 1 N–H and O–H groups in total. The second kappa shape index (κ2) is 7.22. The predicted octanol–water partition coefficient (Wildman–Crippen LogP) is 3.10. The van der Waals surface area contributed by atoms with Gasteiger partial charge in [0, 0.05) is 10.9 Å². The SMILES string of the molecule is CCCc1cc(C(=O)OCC(=O)Nc2cc(C)no2)sc1C. The third kappa shape index (κ3) is 4.17. The average molecular weight is 322 g/mol. The summed E-state index contributed by atoms with van der Waals surface area (Å²) >= 11 is 1.39. The first-order valence-corrected chi connectivity index (χ1v) is 7.81. The molecule has 0 aliphatic rings. The number of aryl methyl sites for hydroxylation is 3. The Morgan fingerprint density at radius 3 is 2.77 bits per heavy atom. The van der Waals surface area contributed by atoms with Crippen molar-refractivity contribution < 1.29 is 18.8 Å². The van der Waals surface area contributed by atoms with Crippen molar-refractivity contribution in [1.29, 1.82) is 0 Å². The fourth-order valence-electron chi connectivity index (χ4n) is 1.94. The lowest BCUT2D eigenvalue weighted by Crippen LogP contribution is -2.20. The van der Waals surface area contributed by atoms with Gasteiger partial charge in [-0.1, -0.05) is 18.5 Å². The molecule has 0 saturated heterocycles. The molecule has 0 fully saturated rings. The minimum atomic E-state index is -0.487. The highest BCUT2D eigenvalue weighted by Crippen LogP contribution is 2.23. The van der Waals surface area contributed by atoms with Gasteiger partial charge in [0.15, 0.2) is 6.61 Å². The molecule has 2 aromatic heterocycles. The van der Waals surface area contributed by atoms with Crippen molar-refractivity contribution in [2.24, 2.45) is 0 Å². The lowest BCUT2D eigenvalue weighted by Gasteiger charge is -2.02. The van der Waals surface area contributed by atoms with E-state index in [0.29, 0.717) is 10.6 Å². The molecule has 0 aromatic carbocycles. The summed E-state index contributed by atoms with van der Waals surface area (Å²) in [7, 11) is 0. The van der Waals surface area contributed by atoms with E-state index in [1.165, 1.54) is 11.3 Å². The second-order valence-corrected chi connectivity index (χ2v) is 6.16. The number of thiophene rings is 1. The van der Waals surface area contributed by atoms with Gasteiger partial charge in [-0.3, -0.25) is 10.1 Å². The molecular weight excluding hydrogens is 304 g/mol. The number of anilines is 1. The Morgan fingerprint density at radius 2 is 2.14 bits per heavy atom. The molecule has 0 aliphatic carbocycles. The number of nitrogens with zero attached hydrogens (tertiary/aromatic N) is 1. The molecule has 118 valence electrons. The van der Waals surface area contributed by atoms with Crippen LogP contribution in [0.2, 0.25) is 0 Å².